The maximum Gasteiger partial charge on any atom is 0.262 e. The summed E-state index contributed by atoms with van der Waals surface area (Å²) < 4.78 is 5.52. The van der Waals surface area contributed by atoms with Crippen LogP contribution in [-0.2, 0) is 9.59 Å². The van der Waals surface area contributed by atoms with Crippen molar-refractivity contribution in [2.45, 2.75) is 73.1 Å². The van der Waals surface area contributed by atoms with E-state index in [0.29, 0.717) is 25.8 Å². The second kappa shape index (κ2) is 15.5. The lowest BCUT2D eigenvalue weighted by atomic mass is 9.81. The van der Waals surface area contributed by atoms with Crippen LogP contribution in [0.3, 0.4) is 0 Å². The van der Waals surface area contributed by atoms with Gasteiger partial charge in [0.1, 0.15) is 17.2 Å². The number of nitriles is 2. The molecule has 0 fully saturated rings. The lowest BCUT2D eigenvalue weighted by Gasteiger charge is -2.28. The van der Waals surface area contributed by atoms with Crippen molar-refractivity contribution in [1.29, 1.82) is 10.5 Å². The van der Waals surface area contributed by atoms with Gasteiger partial charge in [-0.1, -0.05) is 87.1 Å². The summed E-state index contributed by atoms with van der Waals surface area (Å²) in [5, 5.41) is 25.7. The van der Waals surface area contributed by atoms with Crippen LogP contribution in [0, 0.1) is 39.9 Å². The molecule has 2 aromatic rings. The molecule has 41 heavy (non-hydrogen) atoms. The molecule has 11 heteroatoms. The second-order valence-corrected chi connectivity index (χ2v) is 12.8. The Kier molecular flexibility index (Phi) is 13.8. The van der Waals surface area contributed by atoms with E-state index in [1.807, 2.05) is 41.5 Å². The van der Waals surface area contributed by atoms with E-state index < -0.39 is 23.0 Å². The minimum Gasteiger partial charge on any atom is -0.479 e. The van der Waals surface area contributed by atoms with E-state index in [-0.39, 0.29) is 23.8 Å². The molecule has 4 atom stereocenters. The molecule has 0 aliphatic carbocycles. The molecule has 0 saturated heterocycles. The Bertz CT molecular complexity index is 1310. The van der Waals surface area contributed by atoms with Gasteiger partial charge in [-0.3, -0.25) is 9.59 Å². The van der Waals surface area contributed by atoms with Gasteiger partial charge >= 0.3 is 0 Å². The maximum atomic E-state index is 12.2. The average Bonchev–Trinajstić information content (AvgIpc) is 2.85. The molecule has 2 N–H and O–H groups in total. The average molecular weight is 642 g/mol. The molecule has 2 amide bonds. The molecule has 0 radical (unpaired) electrons. The van der Waals surface area contributed by atoms with Crippen molar-refractivity contribution < 1.29 is 14.3 Å². The minimum absolute atomic E-state index is 0.0298. The topological polar surface area (TPSA) is 115 Å². The van der Waals surface area contributed by atoms with Crippen LogP contribution < -0.4 is 15.4 Å². The van der Waals surface area contributed by atoms with Crippen molar-refractivity contribution in [2.24, 2.45) is 17.3 Å². The monoisotopic (exact) mass is 640 g/mol. The van der Waals surface area contributed by atoms with Crippen molar-refractivity contribution in [2.75, 3.05) is 0 Å². The highest BCUT2D eigenvalue weighted by Crippen LogP contribution is 2.30. The second-order valence-electron chi connectivity index (χ2n) is 11.1. The van der Waals surface area contributed by atoms with Crippen LogP contribution in [0.15, 0.2) is 36.4 Å². The highest BCUT2D eigenvalue weighted by molar-refractivity contribution is 6.35. The summed E-state index contributed by atoms with van der Waals surface area (Å²) in [5.74, 6) is -1.04. The van der Waals surface area contributed by atoms with Gasteiger partial charge in [0.15, 0.2) is 6.10 Å². The van der Waals surface area contributed by atoms with E-state index in [9.17, 15) is 14.9 Å². The number of nitrogens with zero attached hydrogens (tertiary/aromatic N) is 2. The quantitative estimate of drug-likeness (QED) is 0.302. The van der Waals surface area contributed by atoms with E-state index in [1.54, 1.807) is 44.2 Å². The Hall–Kier alpha value is -2.68. The first kappa shape index (κ1) is 36.3. The lowest BCUT2D eigenvalue weighted by Crippen LogP contribution is -2.52. The number of hydrogen-bond donors (Lipinski definition) is 2. The SMILES string of the molecule is CC(NC(=O)C(C#N)C(C)(C)C)c1ccc(Cl)cc1Cl.CC(Oc1ccc(Cl)cc1Cl)C(=O)NC(C)(C#N)C(C)C. The maximum absolute atomic E-state index is 12.2. The number of hydrogen-bond acceptors (Lipinski definition) is 5. The number of amides is 2. The zero-order valence-corrected chi connectivity index (χ0v) is 27.4. The van der Waals surface area contributed by atoms with Crippen LogP contribution in [-0.4, -0.2) is 23.5 Å². The summed E-state index contributed by atoms with van der Waals surface area (Å²) in [7, 11) is 0. The number of halogens is 4. The van der Waals surface area contributed by atoms with Gasteiger partial charge in [-0.2, -0.15) is 10.5 Å². The van der Waals surface area contributed by atoms with Gasteiger partial charge < -0.3 is 15.4 Å². The Morgan fingerprint density at radius 3 is 1.83 bits per heavy atom. The highest BCUT2D eigenvalue weighted by atomic mass is 35.5. The largest absolute Gasteiger partial charge is 0.479 e. The van der Waals surface area contributed by atoms with Crippen LogP contribution in [0.1, 0.15) is 67.0 Å². The predicted octanol–water partition coefficient (Wildman–Crippen LogP) is 8.17. The molecule has 0 heterocycles. The molecule has 2 rings (SSSR count). The number of ether oxygens (including phenoxy) is 1. The molecule has 2 aromatic carbocycles. The molecule has 0 spiro atoms. The summed E-state index contributed by atoms with van der Waals surface area (Å²) in [6.07, 6.45) is -0.782. The molecular formula is C30H36Cl4N4O3. The summed E-state index contributed by atoms with van der Waals surface area (Å²) in [6.45, 7) is 14.4. The van der Waals surface area contributed by atoms with Crippen LogP contribution in [0.5, 0.6) is 5.75 Å². The molecule has 7 nitrogen and oxygen atoms in total. The first-order valence-corrected chi connectivity index (χ1v) is 14.4. The van der Waals surface area contributed by atoms with Crippen molar-refractivity contribution in [3.05, 3.63) is 62.1 Å². The summed E-state index contributed by atoms with van der Waals surface area (Å²) >= 11 is 23.8. The molecule has 222 valence electrons. The molecule has 0 aliphatic rings. The third-order valence-electron chi connectivity index (χ3n) is 6.38. The Morgan fingerprint density at radius 1 is 0.854 bits per heavy atom. The van der Waals surface area contributed by atoms with E-state index in [2.05, 4.69) is 22.8 Å². The summed E-state index contributed by atoms with van der Waals surface area (Å²) in [5.41, 5.74) is -0.587. The van der Waals surface area contributed by atoms with Crippen molar-refractivity contribution >= 4 is 58.2 Å². The van der Waals surface area contributed by atoms with Crippen molar-refractivity contribution in [1.82, 2.24) is 10.6 Å². The van der Waals surface area contributed by atoms with Crippen molar-refractivity contribution in [3.63, 3.8) is 0 Å². The zero-order valence-electron chi connectivity index (χ0n) is 24.4. The van der Waals surface area contributed by atoms with E-state index >= 15 is 0 Å². The van der Waals surface area contributed by atoms with Gasteiger partial charge in [0.05, 0.1) is 23.2 Å². The fourth-order valence-corrected chi connectivity index (χ4v) is 4.37. The number of nitrogens with one attached hydrogen (secondary N) is 2. The number of rotatable bonds is 8. The Labute approximate surface area is 263 Å². The van der Waals surface area contributed by atoms with Crippen LogP contribution in [0.25, 0.3) is 0 Å². The van der Waals surface area contributed by atoms with Gasteiger partial charge in [-0.05, 0) is 68.0 Å². The summed E-state index contributed by atoms with van der Waals surface area (Å²) in [6, 6.07) is 13.8. The van der Waals surface area contributed by atoms with Gasteiger partial charge in [-0.25, -0.2) is 0 Å². The fraction of sp³-hybridized carbons (Fsp3) is 0.467. The van der Waals surface area contributed by atoms with E-state index in [1.165, 1.54) is 6.07 Å². The van der Waals surface area contributed by atoms with Crippen LogP contribution in [0.2, 0.25) is 20.1 Å². The number of carbonyl (C=O) groups is 2. The van der Waals surface area contributed by atoms with Crippen LogP contribution in [0.4, 0.5) is 0 Å². The minimum atomic E-state index is -0.946. The Morgan fingerprint density at radius 2 is 1.39 bits per heavy atom. The normalized spacial score (nSPS) is 14.6. The zero-order chi connectivity index (χ0) is 31.7. The third-order valence-corrected chi connectivity index (χ3v) is 7.47. The molecular weight excluding hydrogens is 606 g/mol. The van der Waals surface area contributed by atoms with Crippen LogP contribution >= 0.6 is 46.4 Å². The predicted molar refractivity (Wildman–Crippen MR) is 165 cm³/mol. The Balaban J connectivity index is 0.000000410. The molecule has 4 unspecified atom stereocenters. The number of carbonyl (C=O) groups excluding carboxylic acids is 2. The summed E-state index contributed by atoms with van der Waals surface area (Å²) in [4.78, 5) is 24.3. The van der Waals surface area contributed by atoms with Gasteiger partial charge in [0, 0.05) is 15.1 Å². The smallest absolute Gasteiger partial charge is 0.262 e. The molecule has 0 saturated carbocycles. The van der Waals surface area contributed by atoms with E-state index in [0.717, 1.165) is 5.56 Å². The highest BCUT2D eigenvalue weighted by Gasteiger charge is 2.33. The molecule has 0 bridgehead atoms. The fourth-order valence-electron chi connectivity index (χ4n) is 3.35. The standard InChI is InChI=1S/C15H18Cl2N2O2.C15H18Cl2N2O/c1-9(2)15(4,8-18)19-14(20)10(3)21-13-6-5-11(16)7-12(13)17;1-9(11-6-5-10(16)7-13(11)17)19-14(20)12(8-18)15(2,3)4/h5-7,9-10H,1-4H3,(H,19,20);5-7,9,12H,1-4H3,(H,19,20). The van der Waals surface area contributed by atoms with E-state index in [4.69, 9.17) is 56.4 Å². The molecule has 0 aliphatic heterocycles. The van der Waals surface area contributed by atoms with Gasteiger partial charge in [0.25, 0.3) is 5.91 Å². The number of benzene rings is 2. The lowest BCUT2D eigenvalue weighted by molar-refractivity contribution is -0.129. The first-order valence-electron chi connectivity index (χ1n) is 12.9. The van der Waals surface area contributed by atoms with Gasteiger partial charge in [0.2, 0.25) is 5.91 Å². The first-order chi connectivity index (χ1) is 18.9. The van der Waals surface area contributed by atoms with Gasteiger partial charge in [-0.15, -0.1) is 0 Å². The van der Waals surface area contributed by atoms with Crippen molar-refractivity contribution in [3.8, 4) is 17.9 Å². The third kappa shape index (κ3) is 10.9. The molecule has 0 aromatic heterocycles.